The van der Waals surface area contributed by atoms with Crippen LogP contribution in [0.15, 0.2) is 60.8 Å². The van der Waals surface area contributed by atoms with Gasteiger partial charge in [-0.2, -0.15) is 0 Å². The number of unbranched alkanes of at least 4 members (excludes halogenated alkanes) is 3. The Labute approximate surface area is 309 Å². The van der Waals surface area contributed by atoms with Crippen LogP contribution in [0, 0.1) is 28.6 Å². The Morgan fingerprint density at radius 1 is 1.10 bits per heavy atom. The molecule has 4 aliphatic carbocycles. The third-order valence-electron chi connectivity index (χ3n) is 11.7. The second-order valence-corrected chi connectivity index (χ2v) is 18.6. The second kappa shape index (κ2) is 15.7. The van der Waals surface area contributed by atoms with Crippen molar-refractivity contribution >= 4 is 33.8 Å². The molecule has 3 fully saturated rings. The molecule has 0 bridgehead atoms. The number of fused-ring (bicyclic) bond motifs is 1. The van der Waals surface area contributed by atoms with Gasteiger partial charge in [0.05, 0.1) is 11.9 Å². The van der Waals surface area contributed by atoms with Gasteiger partial charge >= 0.3 is 6.09 Å². The van der Waals surface area contributed by atoms with Gasteiger partial charge in [0.1, 0.15) is 17.6 Å². The van der Waals surface area contributed by atoms with Crippen molar-refractivity contribution in [2.45, 2.75) is 122 Å². The molecule has 3 N–H and O–H groups in total. The molecule has 4 amide bonds. The lowest BCUT2D eigenvalue weighted by Gasteiger charge is -2.38. The molecule has 5 aliphatic rings. The van der Waals surface area contributed by atoms with E-state index in [1.54, 1.807) is 0 Å². The Bertz CT molecular complexity index is 1640. The van der Waals surface area contributed by atoms with Crippen LogP contribution in [0.3, 0.4) is 0 Å². The highest BCUT2D eigenvalue weighted by Gasteiger charge is 2.62. The summed E-state index contributed by atoms with van der Waals surface area (Å²) in [5, 5.41) is 5.01. The van der Waals surface area contributed by atoms with Crippen molar-refractivity contribution in [2.24, 2.45) is 28.6 Å². The predicted molar refractivity (Wildman–Crippen MR) is 201 cm³/mol. The number of nitrogens with one attached hydrogen (secondary N) is 3. The molecule has 0 aromatic heterocycles. The molecule has 1 aliphatic heterocycles. The summed E-state index contributed by atoms with van der Waals surface area (Å²) in [6.45, 7) is 14.1. The van der Waals surface area contributed by atoms with E-state index in [9.17, 15) is 27.6 Å². The van der Waals surface area contributed by atoms with Crippen molar-refractivity contribution in [3.63, 3.8) is 0 Å². The molecule has 286 valence electrons. The number of amides is 4. The molecule has 7 atom stereocenters. The number of alkyl carbamates (subject to hydrolysis) is 1. The molecule has 0 radical (unpaired) electrons. The fourth-order valence-corrected chi connectivity index (χ4v) is 9.21. The minimum absolute atomic E-state index is 0.0347. The van der Waals surface area contributed by atoms with E-state index in [1.165, 1.54) is 16.5 Å². The van der Waals surface area contributed by atoms with Gasteiger partial charge in [-0.3, -0.25) is 19.1 Å². The third kappa shape index (κ3) is 8.75. The Kier molecular flexibility index (Phi) is 12.0. The highest BCUT2D eigenvalue weighted by molar-refractivity contribution is 7.91. The highest BCUT2D eigenvalue weighted by atomic mass is 32.2. The maximum absolute atomic E-state index is 14.2. The lowest BCUT2D eigenvalue weighted by molar-refractivity contribution is -0.142. The zero-order valence-corrected chi connectivity index (χ0v) is 32.3. The average molecular weight is 739 g/mol. The van der Waals surface area contributed by atoms with E-state index in [4.69, 9.17) is 4.74 Å². The van der Waals surface area contributed by atoms with E-state index in [-0.39, 0.29) is 24.4 Å². The Hall–Kier alpha value is -3.67. The Balaban J connectivity index is 1.12. The minimum Gasteiger partial charge on any atom is -0.450 e. The molecule has 12 heteroatoms. The van der Waals surface area contributed by atoms with Gasteiger partial charge in [-0.1, -0.05) is 109 Å². The van der Waals surface area contributed by atoms with Crippen molar-refractivity contribution < 1.29 is 32.3 Å². The normalized spacial score (nSPS) is 29.8. The van der Waals surface area contributed by atoms with E-state index in [0.717, 1.165) is 32.1 Å². The van der Waals surface area contributed by atoms with Crippen LogP contribution in [0.2, 0.25) is 0 Å². The summed E-state index contributed by atoms with van der Waals surface area (Å²) in [6, 6.07) is -1.86. The molecule has 0 spiro atoms. The van der Waals surface area contributed by atoms with Crippen LogP contribution >= 0.6 is 0 Å². The SMILES string of the molecule is C=CC1CC1(NC(=O)C1CC(CC)CN1C(=O)C(NC(=O)OCCCCCCC1C=CC=C2C=CC=CC21C)C(C)(C)C)C(=O)NS(=O)(=O)C1CC1. The monoisotopic (exact) mass is 738 g/mol. The van der Waals surface area contributed by atoms with E-state index < -0.39 is 68.0 Å². The summed E-state index contributed by atoms with van der Waals surface area (Å²) in [5.74, 6) is -1.66. The van der Waals surface area contributed by atoms with Gasteiger partial charge in [0, 0.05) is 17.9 Å². The first-order chi connectivity index (χ1) is 24.6. The number of carbonyl (C=O) groups is 4. The van der Waals surface area contributed by atoms with Crippen LogP contribution in [-0.2, 0) is 29.1 Å². The Morgan fingerprint density at radius 2 is 1.83 bits per heavy atom. The van der Waals surface area contributed by atoms with Gasteiger partial charge in [-0.05, 0) is 61.3 Å². The van der Waals surface area contributed by atoms with E-state index >= 15 is 0 Å². The first-order valence-electron chi connectivity index (χ1n) is 19.0. The predicted octanol–water partition coefficient (Wildman–Crippen LogP) is 5.62. The zero-order chi connectivity index (χ0) is 37.9. The lowest BCUT2D eigenvalue weighted by atomic mass is 9.65. The largest absolute Gasteiger partial charge is 0.450 e. The second-order valence-electron chi connectivity index (χ2n) is 16.6. The van der Waals surface area contributed by atoms with Crippen molar-refractivity contribution in [3.8, 4) is 0 Å². The molecule has 0 aromatic rings. The minimum atomic E-state index is -3.82. The van der Waals surface area contributed by atoms with Crippen LogP contribution in [-0.4, -0.2) is 73.2 Å². The average Bonchev–Trinajstić information content (AvgIpc) is 4.02. The number of ether oxygens (including phenoxy) is 1. The number of sulfonamides is 1. The van der Waals surface area contributed by atoms with Gasteiger partial charge in [-0.15, -0.1) is 6.58 Å². The number of likely N-dealkylation sites (tertiary alicyclic amines) is 1. The maximum Gasteiger partial charge on any atom is 0.407 e. The van der Waals surface area contributed by atoms with Gasteiger partial charge in [0.25, 0.3) is 5.91 Å². The molecule has 0 aromatic carbocycles. The lowest BCUT2D eigenvalue weighted by Crippen LogP contribution is -2.60. The molecule has 5 rings (SSSR count). The molecule has 2 saturated carbocycles. The molecule has 11 nitrogen and oxygen atoms in total. The fraction of sp³-hybridized carbons (Fsp3) is 0.650. The third-order valence-corrected chi connectivity index (χ3v) is 13.5. The van der Waals surface area contributed by atoms with Crippen LogP contribution in [0.4, 0.5) is 4.79 Å². The van der Waals surface area contributed by atoms with Crippen LogP contribution in [0.1, 0.15) is 98.8 Å². The summed E-state index contributed by atoms with van der Waals surface area (Å²) in [5.41, 5.74) is -0.764. The number of nitrogens with zero attached hydrogens (tertiary/aromatic N) is 1. The van der Waals surface area contributed by atoms with Crippen LogP contribution < -0.4 is 15.4 Å². The van der Waals surface area contributed by atoms with Crippen molar-refractivity contribution in [2.75, 3.05) is 13.2 Å². The number of hydrogen-bond acceptors (Lipinski definition) is 7. The van der Waals surface area contributed by atoms with Crippen molar-refractivity contribution in [1.82, 2.24) is 20.3 Å². The smallest absolute Gasteiger partial charge is 0.407 e. The molecule has 1 heterocycles. The highest BCUT2D eigenvalue weighted by Crippen LogP contribution is 2.46. The summed E-state index contributed by atoms with van der Waals surface area (Å²) in [7, 11) is -3.82. The van der Waals surface area contributed by atoms with Crippen LogP contribution in [0.25, 0.3) is 0 Å². The van der Waals surface area contributed by atoms with Gasteiger partial charge < -0.3 is 20.3 Å². The van der Waals surface area contributed by atoms with E-state index in [2.05, 4.69) is 71.4 Å². The number of carbonyl (C=O) groups excluding carboxylic acids is 4. The van der Waals surface area contributed by atoms with Gasteiger partial charge in [-0.25, -0.2) is 13.2 Å². The first-order valence-corrected chi connectivity index (χ1v) is 20.6. The van der Waals surface area contributed by atoms with E-state index in [0.29, 0.717) is 38.1 Å². The fourth-order valence-electron chi connectivity index (χ4n) is 7.84. The topological polar surface area (TPSA) is 151 Å². The molecule has 1 saturated heterocycles. The summed E-state index contributed by atoms with van der Waals surface area (Å²) in [4.78, 5) is 55.8. The van der Waals surface area contributed by atoms with Gasteiger partial charge in [0.15, 0.2) is 0 Å². The maximum atomic E-state index is 14.2. The van der Waals surface area contributed by atoms with Crippen molar-refractivity contribution in [1.29, 1.82) is 0 Å². The molecular weight excluding hydrogens is 681 g/mol. The first kappa shape index (κ1) is 39.5. The van der Waals surface area contributed by atoms with Crippen molar-refractivity contribution in [3.05, 3.63) is 60.8 Å². The number of allylic oxidation sites excluding steroid dienone is 8. The van der Waals surface area contributed by atoms with E-state index in [1.807, 2.05) is 27.7 Å². The summed E-state index contributed by atoms with van der Waals surface area (Å²) >= 11 is 0. The molecule has 52 heavy (non-hydrogen) atoms. The standard InChI is InChI=1S/C40H58N4O7S/c1-7-27-24-32(34(45)42-40(25-28(40)8-2)36(47)43-52(49,50)31-20-21-31)44(26-27)35(46)33(38(3,4)5)41-37(48)51-23-14-10-9-11-16-29-18-15-19-30-17-12-13-22-39(29,30)6/h8,12-13,15,17-19,22,27-29,31-33H,2,7,9-11,14,16,20-21,23-26H2,1,3-6H3,(H,41,48)(H,42,45)(H,43,47). The number of hydrogen-bond donors (Lipinski definition) is 3. The molecular formula is C40H58N4O7S. The quantitative estimate of drug-likeness (QED) is 0.137. The van der Waals surface area contributed by atoms with Crippen LogP contribution in [0.5, 0.6) is 0 Å². The molecule has 7 unspecified atom stereocenters. The summed E-state index contributed by atoms with van der Waals surface area (Å²) in [6.07, 6.45) is 23.3. The zero-order valence-electron chi connectivity index (χ0n) is 31.5. The Morgan fingerprint density at radius 3 is 2.48 bits per heavy atom. The summed E-state index contributed by atoms with van der Waals surface area (Å²) < 4.78 is 32.8. The van der Waals surface area contributed by atoms with Gasteiger partial charge in [0.2, 0.25) is 21.8 Å². The number of rotatable bonds is 16.